The number of nitrogens with two attached hydrogens (primary N) is 1. The van der Waals surface area contributed by atoms with Crippen LogP contribution in [0.1, 0.15) is 30.9 Å². The fourth-order valence-corrected chi connectivity index (χ4v) is 4.51. The summed E-state index contributed by atoms with van der Waals surface area (Å²) in [6.45, 7) is 4.58. The molecule has 7 heteroatoms. The Hall–Kier alpha value is -1.13. The van der Waals surface area contributed by atoms with Crippen molar-refractivity contribution < 1.29 is 8.42 Å². The fourth-order valence-electron chi connectivity index (χ4n) is 2.76. The zero-order valence-electron chi connectivity index (χ0n) is 12.8. The summed E-state index contributed by atoms with van der Waals surface area (Å²) in [5.41, 5.74) is 6.83. The molecule has 1 saturated heterocycles. The summed E-state index contributed by atoms with van der Waals surface area (Å²) < 4.78 is 27.1. The Bertz CT molecular complexity index is 668. The predicted octanol–water partition coefficient (Wildman–Crippen LogP) is 2.04. The van der Waals surface area contributed by atoms with Crippen LogP contribution in [-0.4, -0.2) is 31.9 Å². The number of sulfonamides is 1. The molecule has 0 saturated carbocycles. The molecule has 0 bridgehead atoms. The van der Waals surface area contributed by atoms with Crippen LogP contribution in [-0.2, 0) is 10.0 Å². The van der Waals surface area contributed by atoms with Crippen molar-refractivity contribution in [3.05, 3.63) is 29.3 Å². The molecule has 0 spiro atoms. The van der Waals surface area contributed by atoms with Gasteiger partial charge in [0.05, 0.1) is 5.56 Å². The number of nitrogens with zero attached hydrogens (tertiary/aromatic N) is 2. The Labute approximate surface area is 138 Å². The lowest BCUT2D eigenvalue weighted by atomic mass is 9.93. The van der Waals surface area contributed by atoms with Gasteiger partial charge in [-0.3, -0.25) is 0 Å². The lowest BCUT2D eigenvalue weighted by molar-refractivity contribution is 0.243. The first-order chi connectivity index (χ1) is 9.87. The average molecular weight is 344 g/mol. The van der Waals surface area contributed by atoms with Gasteiger partial charge in [0, 0.05) is 19.1 Å². The van der Waals surface area contributed by atoms with E-state index in [0.29, 0.717) is 18.7 Å². The van der Waals surface area contributed by atoms with Crippen LogP contribution in [0.2, 0.25) is 0 Å². The van der Waals surface area contributed by atoms with E-state index in [4.69, 9.17) is 5.73 Å². The van der Waals surface area contributed by atoms with Gasteiger partial charge in [0.25, 0.3) is 0 Å². The topological polar surface area (TPSA) is 87.2 Å². The third-order valence-electron chi connectivity index (χ3n) is 4.13. The van der Waals surface area contributed by atoms with Gasteiger partial charge in [-0.1, -0.05) is 12.1 Å². The third kappa shape index (κ3) is 3.61. The lowest BCUT2D eigenvalue weighted by Crippen LogP contribution is -2.45. The first-order valence-electron chi connectivity index (χ1n) is 7.13. The smallest absolute Gasteiger partial charge is 0.244 e. The predicted molar refractivity (Wildman–Crippen MR) is 88.3 cm³/mol. The molecule has 1 aliphatic heterocycles. The Kier molecular flexibility index (Phi) is 6.38. The summed E-state index contributed by atoms with van der Waals surface area (Å²) in [6, 6.07) is 6.92. The Balaban J connectivity index is 0.00000242. The van der Waals surface area contributed by atoms with Gasteiger partial charge >= 0.3 is 0 Å². The van der Waals surface area contributed by atoms with Crippen LogP contribution in [0.3, 0.4) is 0 Å². The number of benzene rings is 1. The quantitative estimate of drug-likeness (QED) is 0.909. The largest absolute Gasteiger partial charge is 0.328 e. The maximum absolute atomic E-state index is 12.8. The minimum atomic E-state index is -3.64. The summed E-state index contributed by atoms with van der Waals surface area (Å²) in [5.74, 6) is 0.170. The highest BCUT2D eigenvalue weighted by molar-refractivity contribution is 7.89. The van der Waals surface area contributed by atoms with E-state index in [1.165, 1.54) is 10.4 Å². The van der Waals surface area contributed by atoms with E-state index in [9.17, 15) is 13.7 Å². The molecule has 0 radical (unpaired) electrons. The van der Waals surface area contributed by atoms with Gasteiger partial charge in [-0.2, -0.15) is 9.57 Å². The molecule has 1 fully saturated rings. The fraction of sp³-hybridized carbons (Fsp3) is 0.533. The summed E-state index contributed by atoms with van der Waals surface area (Å²) in [7, 11) is -3.64. The average Bonchev–Trinajstić information content (AvgIpc) is 2.47. The van der Waals surface area contributed by atoms with Gasteiger partial charge in [-0.05, 0) is 44.2 Å². The van der Waals surface area contributed by atoms with Gasteiger partial charge in [0.1, 0.15) is 11.0 Å². The van der Waals surface area contributed by atoms with Gasteiger partial charge in [0.2, 0.25) is 10.0 Å². The molecule has 0 amide bonds. The number of rotatable bonds is 3. The molecule has 122 valence electrons. The van der Waals surface area contributed by atoms with E-state index < -0.39 is 10.0 Å². The normalized spacial score (nSPS) is 20.7. The molecule has 1 aromatic rings. The third-order valence-corrected chi connectivity index (χ3v) is 6.04. The maximum atomic E-state index is 12.8. The van der Waals surface area contributed by atoms with Gasteiger partial charge < -0.3 is 5.73 Å². The van der Waals surface area contributed by atoms with E-state index in [2.05, 4.69) is 0 Å². The van der Waals surface area contributed by atoms with Crippen molar-refractivity contribution in [3.63, 3.8) is 0 Å². The number of piperidine rings is 1. The van der Waals surface area contributed by atoms with Crippen LogP contribution in [0.4, 0.5) is 0 Å². The highest BCUT2D eigenvalue weighted by atomic mass is 35.5. The molecule has 2 atom stereocenters. The Morgan fingerprint density at radius 2 is 2.14 bits per heavy atom. The minimum absolute atomic E-state index is 0. The van der Waals surface area contributed by atoms with Gasteiger partial charge in [-0.25, -0.2) is 8.42 Å². The Morgan fingerprint density at radius 3 is 2.73 bits per heavy atom. The second-order valence-electron chi connectivity index (χ2n) is 5.68. The highest BCUT2D eigenvalue weighted by Crippen LogP contribution is 2.27. The van der Waals surface area contributed by atoms with Crippen LogP contribution in [0, 0.1) is 24.2 Å². The number of hydrogen-bond donors (Lipinski definition) is 1. The first-order valence-corrected chi connectivity index (χ1v) is 8.57. The summed E-state index contributed by atoms with van der Waals surface area (Å²) in [6.07, 6.45) is 1.75. The number of nitriles is 1. The molecular weight excluding hydrogens is 322 g/mol. The van der Waals surface area contributed by atoms with Gasteiger partial charge in [-0.15, -0.1) is 12.4 Å². The molecule has 2 unspecified atom stereocenters. The molecule has 5 nitrogen and oxygen atoms in total. The zero-order valence-corrected chi connectivity index (χ0v) is 14.5. The lowest BCUT2D eigenvalue weighted by Gasteiger charge is -2.34. The second kappa shape index (κ2) is 7.42. The summed E-state index contributed by atoms with van der Waals surface area (Å²) in [4.78, 5) is 0.107. The molecule has 1 aromatic carbocycles. The molecule has 2 N–H and O–H groups in total. The standard InChI is InChI=1S/C15H21N3O2S.ClH/c1-11-5-3-7-15(14(11)9-16)21(19,20)18-8-4-6-13(10-18)12(2)17;/h3,5,7,12-13H,4,6,8,10,17H2,1-2H3;1H. The maximum Gasteiger partial charge on any atom is 0.244 e. The van der Waals surface area contributed by atoms with Crippen molar-refractivity contribution in [3.8, 4) is 6.07 Å². The van der Waals surface area contributed by atoms with Crippen molar-refractivity contribution in [1.82, 2.24) is 4.31 Å². The molecular formula is C15H22ClN3O2S. The highest BCUT2D eigenvalue weighted by Gasteiger charge is 2.33. The van der Waals surface area contributed by atoms with Crippen molar-refractivity contribution in [2.24, 2.45) is 11.7 Å². The van der Waals surface area contributed by atoms with Crippen molar-refractivity contribution in [2.45, 2.75) is 37.6 Å². The van der Waals surface area contributed by atoms with Crippen LogP contribution in [0.15, 0.2) is 23.1 Å². The van der Waals surface area contributed by atoms with Crippen LogP contribution >= 0.6 is 12.4 Å². The van der Waals surface area contributed by atoms with Gasteiger partial charge in [0.15, 0.2) is 0 Å². The number of hydrogen-bond acceptors (Lipinski definition) is 4. The molecule has 2 rings (SSSR count). The second-order valence-corrected chi connectivity index (χ2v) is 7.59. The van der Waals surface area contributed by atoms with Crippen LogP contribution < -0.4 is 5.73 Å². The van der Waals surface area contributed by atoms with E-state index in [-0.39, 0.29) is 34.8 Å². The van der Waals surface area contributed by atoms with Crippen LogP contribution in [0.25, 0.3) is 0 Å². The van der Waals surface area contributed by atoms with E-state index in [0.717, 1.165) is 12.8 Å². The van der Waals surface area contributed by atoms with Crippen molar-refractivity contribution in [2.75, 3.05) is 13.1 Å². The monoisotopic (exact) mass is 343 g/mol. The summed E-state index contributed by atoms with van der Waals surface area (Å²) >= 11 is 0. The van der Waals surface area contributed by atoms with E-state index in [1.54, 1.807) is 19.1 Å². The number of halogens is 1. The summed E-state index contributed by atoms with van der Waals surface area (Å²) in [5, 5.41) is 9.25. The number of aryl methyl sites for hydroxylation is 1. The Morgan fingerprint density at radius 1 is 1.45 bits per heavy atom. The zero-order chi connectivity index (χ0) is 15.6. The van der Waals surface area contributed by atoms with Crippen LogP contribution in [0.5, 0.6) is 0 Å². The first kappa shape index (κ1) is 18.9. The molecule has 22 heavy (non-hydrogen) atoms. The van der Waals surface area contributed by atoms with E-state index >= 15 is 0 Å². The molecule has 0 aromatic heterocycles. The van der Waals surface area contributed by atoms with Crippen molar-refractivity contribution in [1.29, 1.82) is 5.26 Å². The SMILES string of the molecule is Cc1cccc(S(=O)(=O)N2CCCC(C(C)N)C2)c1C#N.Cl. The minimum Gasteiger partial charge on any atom is -0.328 e. The van der Waals surface area contributed by atoms with E-state index in [1.807, 2.05) is 13.0 Å². The van der Waals surface area contributed by atoms with Crippen molar-refractivity contribution >= 4 is 22.4 Å². The molecule has 0 aliphatic carbocycles. The molecule has 1 aliphatic rings. The molecule has 1 heterocycles.